The van der Waals surface area contributed by atoms with Crippen molar-refractivity contribution in [2.24, 2.45) is 4.99 Å². The first-order valence-corrected chi connectivity index (χ1v) is 10.7. The highest BCUT2D eigenvalue weighted by molar-refractivity contribution is 14.0. The van der Waals surface area contributed by atoms with Crippen LogP contribution in [0, 0.1) is 12.7 Å². The predicted octanol–water partition coefficient (Wildman–Crippen LogP) is 3.93. The van der Waals surface area contributed by atoms with Crippen molar-refractivity contribution in [2.45, 2.75) is 33.0 Å². The summed E-state index contributed by atoms with van der Waals surface area (Å²) < 4.78 is 13.8. The highest BCUT2D eigenvalue weighted by atomic mass is 127. The SMILES string of the molecule is CN=C(NCc1ccc(CN2CCN(C)CC2)cc1)NC(C)c1ccc(C)c(F)c1.I. The molecule has 170 valence electrons. The molecule has 1 aliphatic rings. The number of nitrogens with one attached hydrogen (secondary N) is 2. The van der Waals surface area contributed by atoms with Crippen LogP contribution in [0.3, 0.4) is 0 Å². The molecule has 1 aliphatic heterocycles. The summed E-state index contributed by atoms with van der Waals surface area (Å²) in [7, 11) is 3.93. The van der Waals surface area contributed by atoms with E-state index in [0.29, 0.717) is 18.1 Å². The van der Waals surface area contributed by atoms with Gasteiger partial charge in [0.2, 0.25) is 0 Å². The van der Waals surface area contributed by atoms with Crippen LogP contribution < -0.4 is 10.6 Å². The van der Waals surface area contributed by atoms with Crippen molar-refractivity contribution in [2.75, 3.05) is 40.3 Å². The molecule has 0 aliphatic carbocycles. The van der Waals surface area contributed by atoms with Gasteiger partial charge in [0.1, 0.15) is 5.82 Å². The number of guanidine groups is 1. The number of benzene rings is 2. The maximum Gasteiger partial charge on any atom is 0.191 e. The summed E-state index contributed by atoms with van der Waals surface area (Å²) in [6, 6.07) is 14.1. The Morgan fingerprint density at radius 1 is 1.06 bits per heavy atom. The number of rotatable bonds is 6. The van der Waals surface area contributed by atoms with Crippen molar-refractivity contribution in [1.29, 1.82) is 0 Å². The Kier molecular flexibility index (Phi) is 10.2. The topological polar surface area (TPSA) is 42.9 Å². The Balaban J connectivity index is 0.00000341. The minimum Gasteiger partial charge on any atom is -0.352 e. The molecule has 1 fully saturated rings. The quantitative estimate of drug-likeness (QED) is 0.332. The lowest BCUT2D eigenvalue weighted by Crippen LogP contribution is -2.43. The van der Waals surface area contributed by atoms with Crippen LogP contribution in [-0.2, 0) is 13.1 Å². The van der Waals surface area contributed by atoms with Crippen molar-refractivity contribution in [3.63, 3.8) is 0 Å². The Morgan fingerprint density at radius 3 is 2.32 bits per heavy atom. The Hall–Kier alpha value is -1.71. The number of piperazine rings is 1. The molecule has 3 rings (SSSR count). The molecule has 2 aromatic carbocycles. The van der Waals surface area contributed by atoms with E-state index in [0.717, 1.165) is 38.3 Å². The number of likely N-dealkylation sites (N-methyl/N-ethyl adjacent to an activating group) is 1. The number of aryl methyl sites for hydroxylation is 1. The van der Waals surface area contributed by atoms with E-state index in [1.807, 2.05) is 19.1 Å². The van der Waals surface area contributed by atoms with Gasteiger partial charge in [0.05, 0.1) is 6.04 Å². The van der Waals surface area contributed by atoms with Crippen LogP contribution in [0.5, 0.6) is 0 Å². The summed E-state index contributed by atoms with van der Waals surface area (Å²) in [5.74, 6) is 0.519. The zero-order chi connectivity index (χ0) is 21.5. The highest BCUT2D eigenvalue weighted by Gasteiger charge is 2.14. The molecule has 0 radical (unpaired) electrons. The van der Waals surface area contributed by atoms with Gasteiger partial charge in [0, 0.05) is 46.3 Å². The highest BCUT2D eigenvalue weighted by Crippen LogP contribution is 2.16. The summed E-state index contributed by atoms with van der Waals surface area (Å²) in [5.41, 5.74) is 4.11. The third-order valence-corrected chi connectivity index (χ3v) is 5.76. The van der Waals surface area contributed by atoms with Crippen LogP contribution in [-0.4, -0.2) is 56.0 Å². The van der Waals surface area contributed by atoms with Crippen LogP contribution in [0.25, 0.3) is 0 Å². The molecule has 0 aromatic heterocycles. The second-order valence-corrected chi connectivity index (χ2v) is 8.20. The Labute approximate surface area is 203 Å². The summed E-state index contributed by atoms with van der Waals surface area (Å²) in [5, 5.41) is 6.68. The van der Waals surface area contributed by atoms with E-state index in [1.54, 1.807) is 20.0 Å². The second kappa shape index (κ2) is 12.4. The first kappa shape index (κ1) is 25.5. The van der Waals surface area contributed by atoms with Gasteiger partial charge >= 0.3 is 0 Å². The zero-order valence-electron chi connectivity index (χ0n) is 19.0. The van der Waals surface area contributed by atoms with Gasteiger partial charge in [-0.2, -0.15) is 0 Å². The van der Waals surface area contributed by atoms with Crippen molar-refractivity contribution in [3.05, 3.63) is 70.5 Å². The van der Waals surface area contributed by atoms with Crippen molar-refractivity contribution in [1.82, 2.24) is 20.4 Å². The van der Waals surface area contributed by atoms with Gasteiger partial charge in [-0.05, 0) is 49.2 Å². The second-order valence-electron chi connectivity index (χ2n) is 8.20. The standard InChI is InChI=1S/C24H34FN5.HI/c1-18-5-10-22(15-23(18)25)19(2)28-24(26-3)27-16-20-6-8-21(9-7-20)17-30-13-11-29(4)12-14-30;/h5-10,15,19H,11-14,16-17H2,1-4H3,(H2,26,27,28);1H. The average molecular weight is 539 g/mol. The van der Waals surface area contributed by atoms with Crippen LogP contribution in [0.15, 0.2) is 47.5 Å². The fourth-order valence-electron chi connectivity index (χ4n) is 3.57. The van der Waals surface area contributed by atoms with Gasteiger partial charge in [-0.1, -0.05) is 36.4 Å². The van der Waals surface area contributed by atoms with E-state index in [2.05, 4.69) is 56.7 Å². The fourth-order valence-corrected chi connectivity index (χ4v) is 3.57. The number of nitrogens with zero attached hydrogens (tertiary/aromatic N) is 3. The maximum absolute atomic E-state index is 13.8. The molecule has 1 unspecified atom stereocenters. The summed E-state index contributed by atoms with van der Waals surface area (Å²) in [6.45, 7) is 10.0. The molecule has 0 bridgehead atoms. The van der Waals surface area contributed by atoms with Crippen molar-refractivity contribution < 1.29 is 4.39 Å². The first-order chi connectivity index (χ1) is 14.4. The minimum absolute atomic E-state index is 0. The lowest BCUT2D eigenvalue weighted by Gasteiger charge is -2.32. The molecule has 2 aromatic rings. The average Bonchev–Trinajstić information content (AvgIpc) is 2.75. The molecule has 0 spiro atoms. The van der Waals surface area contributed by atoms with Gasteiger partial charge in [-0.3, -0.25) is 9.89 Å². The molecule has 1 saturated heterocycles. The number of aliphatic imine (C=N–C) groups is 1. The van der Waals surface area contributed by atoms with Gasteiger partial charge in [-0.25, -0.2) is 4.39 Å². The smallest absolute Gasteiger partial charge is 0.191 e. The van der Waals surface area contributed by atoms with Gasteiger partial charge in [0.15, 0.2) is 5.96 Å². The molecule has 0 amide bonds. The molecule has 1 atom stereocenters. The Bertz CT molecular complexity index is 848. The number of hydrogen-bond donors (Lipinski definition) is 2. The zero-order valence-corrected chi connectivity index (χ0v) is 21.3. The molecule has 0 saturated carbocycles. The number of halogens is 2. The molecule has 7 heteroatoms. The van der Waals surface area contributed by atoms with Crippen LogP contribution >= 0.6 is 24.0 Å². The molecule has 2 N–H and O–H groups in total. The number of hydrogen-bond acceptors (Lipinski definition) is 3. The molecular formula is C24H35FIN5. The van der Waals surface area contributed by atoms with Crippen molar-refractivity contribution in [3.8, 4) is 0 Å². The lowest BCUT2D eigenvalue weighted by atomic mass is 10.1. The van der Waals surface area contributed by atoms with E-state index >= 15 is 0 Å². The largest absolute Gasteiger partial charge is 0.352 e. The van der Waals surface area contributed by atoms with E-state index in [-0.39, 0.29) is 35.8 Å². The molecule has 31 heavy (non-hydrogen) atoms. The fraction of sp³-hybridized carbons (Fsp3) is 0.458. The molecule has 5 nitrogen and oxygen atoms in total. The molecular weight excluding hydrogens is 504 g/mol. The van der Waals surface area contributed by atoms with Crippen LogP contribution in [0.4, 0.5) is 4.39 Å². The van der Waals surface area contributed by atoms with E-state index < -0.39 is 0 Å². The Morgan fingerprint density at radius 2 is 1.71 bits per heavy atom. The molecule has 1 heterocycles. The van der Waals surface area contributed by atoms with E-state index in [1.165, 1.54) is 11.1 Å². The van der Waals surface area contributed by atoms with Gasteiger partial charge in [0.25, 0.3) is 0 Å². The summed E-state index contributed by atoms with van der Waals surface area (Å²) >= 11 is 0. The summed E-state index contributed by atoms with van der Waals surface area (Å²) in [6.07, 6.45) is 0. The lowest BCUT2D eigenvalue weighted by molar-refractivity contribution is 0.148. The predicted molar refractivity (Wildman–Crippen MR) is 138 cm³/mol. The maximum atomic E-state index is 13.8. The third kappa shape index (κ3) is 7.73. The van der Waals surface area contributed by atoms with Gasteiger partial charge < -0.3 is 15.5 Å². The van der Waals surface area contributed by atoms with Gasteiger partial charge in [-0.15, -0.1) is 24.0 Å². The van der Waals surface area contributed by atoms with E-state index in [4.69, 9.17) is 0 Å². The summed E-state index contributed by atoms with van der Waals surface area (Å²) in [4.78, 5) is 9.19. The van der Waals surface area contributed by atoms with Crippen LogP contribution in [0.1, 0.15) is 35.2 Å². The monoisotopic (exact) mass is 539 g/mol. The van der Waals surface area contributed by atoms with E-state index in [9.17, 15) is 4.39 Å². The van der Waals surface area contributed by atoms with Crippen LogP contribution in [0.2, 0.25) is 0 Å². The normalized spacial score (nSPS) is 16.5. The van der Waals surface area contributed by atoms with Crippen molar-refractivity contribution >= 4 is 29.9 Å². The first-order valence-electron chi connectivity index (χ1n) is 10.7. The minimum atomic E-state index is -0.180. The third-order valence-electron chi connectivity index (χ3n) is 5.76.